The van der Waals surface area contributed by atoms with Crippen molar-refractivity contribution in [3.63, 3.8) is 0 Å². The van der Waals surface area contributed by atoms with Gasteiger partial charge >= 0.3 is 5.97 Å². The molecule has 2 heterocycles. The van der Waals surface area contributed by atoms with Crippen LogP contribution in [-0.4, -0.2) is 42.3 Å². The van der Waals surface area contributed by atoms with E-state index in [1.54, 1.807) is 0 Å². The average Bonchev–Trinajstić information content (AvgIpc) is 3.28. The first kappa shape index (κ1) is 19.1. The minimum Gasteiger partial charge on any atom is -0.475 e. The Morgan fingerprint density at radius 2 is 2.04 bits per heavy atom. The van der Waals surface area contributed by atoms with Crippen LogP contribution >= 0.6 is 0 Å². The quantitative estimate of drug-likeness (QED) is 0.800. The van der Waals surface area contributed by atoms with Gasteiger partial charge in [-0.2, -0.15) is 4.31 Å². The van der Waals surface area contributed by atoms with Crippen molar-refractivity contribution < 1.29 is 31.9 Å². The second-order valence-electron chi connectivity index (χ2n) is 6.10. The number of carboxylic acids is 1. The minimum atomic E-state index is -4.19. The smallest absolute Gasteiger partial charge is 0.371 e. The van der Waals surface area contributed by atoms with E-state index < -0.39 is 44.6 Å². The highest BCUT2D eigenvalue weighted by molar-refractivity contribution is 7.89. The maximum absolute atomic E-state index is 13.6. The Morgan fingerprint density at radius 3 is 2.70 bits per heavy atom. The van der Waals surface area contributed by atoms with Crippen molar-refractivity contribution in [3.05, 3.63) is 47.5 Å². The van der Waals surface area contributed by atoms with Crippen molar-refractivity contribution in [1.82, 2.24) is 4.31 Å². The maximum atomic E-state index is 13.6. The Hall–Kier alpha value is -2.72. The number of carbonyl (C=O) groups excluding carboxylic acids is 1. The molecular weight excluding hydrogens is 379 g/mol. The third-order valence-electron chi connectivity index (χ3n) is 4.39. The summed E-state index contributed by atoms with van der Waals surface area (Å²) in [6, 6.07) is 5.30. The molecule has 2 aromatic rings. The molecule has 1 aliphatic rings. The molecule has 1 amide bonds. The number of anilines is 1. The summed E-state index contributed by atoms with van der Waals surface area (Å²) in [4.78, 5) is 23.5. The summed E-state index contributed by atoms with van der Waals surface area (Å²) < 4.78 is 45.0. The Balaban J connectivity index is 1.84. The van der Waals surface area contributed by atoms with Crippen LogP contribution in [0.3, 0.4) is 0 Å². The monoisotopic (exact) mass is 396 g/mol. The molecule has 1 aromatic heterocycles. The summed E-state index contributed by atoms with van der Waals surface area (Å²) in [6.07, 6.45) is 0.734. The van der Waals surface area contributed by atoms with E-state index in [4.69, 9.17) is 9.52 Å². The van der Waals surface area contributed by atoms with Crippen LogP contribution in [0.25, 0.3) is 0 Å². The molecule has 27 heavy (non-hydrogen) atoms. The van der Waals surface area contributed by atoms with Crippen LogP contribution in [0.1, 0.15) is 29.0 Å². The van der Waals surface area contributed by atoms with Crippen LogP contribution in [0.5, 0.6) is 0 Å². The van der Waals surface area contributed by atoms with Gasteiger partial charge in [0.05, 0.1) is 0 Å². The van der Waals surface area contributed by atoms with Crippen LogP contribution in [0.2, 0.25) is 0 Å². The number of furan rings is 1. The highest BCUT2D eigenvalue weighted by Crippen LogP contribution is 2.28. The number of rotatable bonds is 5. The van der Waals surface area contributed by atoms with E-state index >= 15 is 0 Å². The van der Waals surface area contributed by atoms with Gasteiger partial charge < -0.3 is 14.8 Å². The molecule has 8 nitrogen and oxygen atoms in total. The molecule has 1 atom stereocenters. The predicted octanol–water partition coefficient (Wildman–Crippen LogP) is 2.22. The molecule has 1 aromatic carbocycles. The second-order valence-corrected chi connectivity index (χ2v) is 7.92. The molecule has 0 spiro atoms. The third kappa shape index (κ3) is 3.58. The highest BCUT2D eigenvalue weighted by Gasteiger charge is 2.41. The zero-order chi connectivity index (χ0) is 19.8. The number of carboxylic acid groups (broad SMARTS) is 1. The first-order valence-corrected chi connectivity index (χ1v) is 9.57. The molecule has 10 heteroatoms. The van der Waals surface area contributed by atoms with Crippen molar-refractivity contribution in [2.24, 2.45) is 0 Å². The molecule has 144 valence electrons. The van der Waals surface area contributed by atoms with Crippen molar-refractivity contribution in [2.75, 3.05) is 11.9 Å². The minimum absolute atomic E-state index is 0.0889. The van der Waals surface area contributed by atoms with E-state index in [9.17, 15) is 22.4 Å². The van der Waals surface area contributed by atoms with Gasteiger partial charge in [0.15, 0.2) is 0 Å². The van der Waals surface area contributed by atoms with Gasteiger partial charge in [-0.15, -0.1) is 0 Å². The summed E-state index contributed by atoms with van der Waals surface area (Å²) in [5.74, 6) is -2.98. The predicted molar refractivity (Wildman–Crippen MR) is 92.3 cm³/mol. The van der Waals surface area contributed by atoms with E-state index in [0.717, 1.165) is 16.4 Å². The van der Waals surface area contributed by atoms with Crippen LogP contribution in [-0.2, 0) is 14.8 Å². The molecule has 1 unspecified atom stereocenters. The topological polar surface area (TPSA) is 117 Å². The summed E-state index contributed by atoms with van der Waals surface area (Å²) in [5, 5.41) is 10.9. The van der Waals surface area contributed by atoms with E-state index in [2.05, 4.69) is 5.32 Å². The molecule has 1 aliphatic heterocycles. The molecule has 1 fully saturated rings. The molecule has 3 rings (SSSR count). The maximum Gasteiger partial charge on any atom is 0.371 e. The third-order valence-corrected chi connectivity index (χ3v) is 6.17. The van der Waals surface area contributed by atoms with E-state index in [1.165, 1.54) is 25.1 Å². The van der Waals surface area contributed by atoms with Gasteiger partial charge in [0.25, 0.3) is 10.0 Å². The molecular formula is C17H17FN2O6S. The molecule has 0 bridgehead atoms. The van der Waals surface area contributed by atoms with E-state index in [0.29, 0.717) is 6.42 Å². The van der Waals surface area contributed by atoms with Gasteiger partial charge in [-0.25, -0.2) is 17.6 Å². The van der Waals surface area contributed by atoms with Crippen molar-refractivity contribution in [2.45, 2.75) is 30.9 Å². The molecule has 0 saturated carbocycles. The summed E-state index contributed by atoms with van der Waals surface area (Å²) >= 11 is 0. The van der Waals surface area contributed by atoms with Gasteiger partial charge in [-0.1, -0.05) is 6.07 Å². The zero-order valence-corrected chi connectivity index (χ0v) is 15.1. The number of nitrogens with zero attached hydrogens (tertiary/aromatic N) is 1. The number of amides is 1. The van der Waals surface area contributed by atoms with Gasteiger partial charge in [0.2, 0.25) is 16.8 Å². The molecule has 2 N–H and O–H groups in total. The summed E-state index contributed by atoms with van der Waals surface area (Å²) in [5.41, 5.74) is 0.505. The second kappa shape index (κ2) is 7.12. The normalized spacial score (nSPS) is 17.8. The van der Waals surface area contributed by atoms with Gasteiger partial charge in [-0.05, 0) is 44.0 Å². The number of nitrogens with one attached hydrogen (secondary N) is 1. The summed E-state index contributed by atoms with van der Waals surface area (Å²) in [7, 11) is -4.19. The van der Waals surface area contributed by atoms with Crippen molar-refractivity contribution >= 4 is 27.6 Å². The van der Waals surface area contributed by atoms with Crippen LogP contribution in [0, 0.1) is 12.7 Å². The standard InChI is InChI=1S/C17H17FN2O6S/c1-10-11(18)4-2-5-12(10)19-16(21)13-6-3-9-20(13)27(24,25)15-8-7-14(26-15)17(22)23/h2,4-5,7-8,13H,3,6,9H2,1H3,(H,19,21)(H,22,23). The van der Waals surface area contributed by atoms with Crippen LogP contribution in [0.15, 0.2) is 39.8 Å². The van der Waals surface area contributed by atoms with E-state index in [1.807, 2.05) is 0 Å². The summed E-state index contributed by atoms with van der Waals surface area (Å²) in [6.45, 7) is 1.59. The Morgan fingerprint density at radius 1 is 1.30 bits per heavy atom. The molecule has 0 radical (unpaired) electrons. The number of aromatic carboxylic acids is 1. The number of benzene rings is 1. The van der Waals surface area contributed by atoms with Gasteiger partial charge in [0, 0.05) is 17.8 Å². The van der Waals surface area contributed by atoms with Crippen molar-refractivity contribution in [3.8, 4) is 0 Å². The largest absolute Gasteiger partial charge is 0.475 e. The van der Waals surface area contributed by atoms with Gasteiger partial charge in [-0.3, -0.25) is 4.79 Å². The van der Waals surface area contributed by atoms with Gasteiger partial charge in [0.1, 0.15) is 11.9 Å². The number of halogens is 1. The zero-order valence-electron chi connectivity index (χ0n) is 14.3. The number of hydrogen-bond acceptors (Lipinski definition) is 5. The van der Waals surface area contributed by atoms with Crippen molar-refractivity contribution in [1.29, 1.82) is 0 Å². The lowest BCUT2D eigenvalue weighted by Gasteiger charge is -2.22. The fourth-order valence-corrected chi connectivity index (χ4v) is 4.51. The number of carbonyl (C=O) groups is 2. The highest BCUT2D eigenvalue weighted by atomic mass is 32.2. The Kier molecular flexibility index (Phi) is 5.03. The molecule has 1 saturated heterocycles. The first-order chi connectivity index (χ1) is 12.7. The Labute approximate surface area is 154 Å². The average molecular weight is 396 g/mol. The van der Waals surface area contributed by atoms with Crippen LogP contribution in [0.4, 0.5) is 10.1 Å². The SMILES string of the molecule is Cc1c(F)cccc1NC(=O)C1CCCN1S(=O)(=O)c1ccc(C(=O)O)o1. The molecule has 0 aliphatic carbocycles. The number of hydrogen-bond donors (Lipinski definition) is 2. The lowest BCUT2D eigenvalue weighted by atomic mass is 10.1. The lowest BCUT2D eigenvalue weighted by Crippen LogP contribution is -2.43. The lowest BCUT2D eigenvalue weighted by molar-refractivity contribution is -0.119. The Bertz CT molecular complexity index is 1000. The number of sulfonamides is 1. The fraction of sp³-hybridized carbons (Fsp3) is 0.294. The van der Waals surface area contributed by atoms with E-state index in [-0.39, 0.29) is 24.2 Å². The fourth-order valence-electron chi connectivity index (χ4n) is 2.94. The van der Waals surface area contributed by atoms with Crippen LogP contribution < -0.4 is 5.32 Å². The first-order valence-electron chi connectivity index (χ1n) is 8.13.